The fourth-order valence-electron chi connectivity index (χ4n) is 2.99. The number of methoxy groups -OCH3 is 1. The number of nitrogens with zero attached hydrogens (tertiary/aromatic N) is 3. The summed E-state index contributed by atoms with van der Waals surface area (Å²) in [7, 11) is 1.61. The van der Waals surface area contributed by atoms with E-state index in [1.807, 2.05) is 42.8 Å². The van der Waals surface area contributed by atoms with Crippen molar-refractivity contribution < 1.29 is 14.3 Å². The van der Waals surface area contributed by atoms with E-state index < -0.39 is 0 Å². The first kappa shape index (κ1) is 20.6. The normalized spacial score (nSPS) is 11.1. The van der Waals surface area contributed by atoms with Gasteiger partial charge in [-0.25, -0.2) is 9.67 Å². The number of benzene rings is 1. The second kappa shape index (κ2) is 9.41. The van der Waals surface area contributed by atoms with Crippen LogP contribution in [0.1, 0.15) is 55.6 Å². The largest absolute Gasteiger partial charge is 0.493 e. The summed E-state index contributed by atoms with van der Waals surface area (Å²) in [6.07, 6.45) is 5.39. The van der Waals surface area contributed by atoms with Crippen molar-refractivity contribution in [3.05, 3.63) is 47.8 Å². The molecule has 0 saturated heterocycles. The van der Waals surface area contributed by atoms with Crippen molar-refractivity contribution in [2.45, 2.75) is 46.2 Å². The number of unbranched alkanes of at least 4 members (excludes halogenated alkanes) is 1. The van der Waals surface area contributed by atoms with Gasteiger partial charge in [-0.1, -0.05) is 19.4 Å². The van der Waals surface area contributed by atoms with E-state index in [0.29, 0.717) is 30.2 Å². The van der Waals surface area contributed by atoms with E-state index >= 15 is 0 Å². The maximum absolute atomic E-state index is 12.6. The molecule has 2 aromatic heterocycles. The van der Waals surface area contributed by atoms with E-state index in [0.717, 1.165) is 29.4 Å². The maximum Gasteiger partial charge on any atom is 0.253 e. The van der Waals surface area contributed by atoms with E-state index in [-0.39, 0.29) is 11.9 Å². The second-order valence-corrected chi connectivity index (χ2v) is 7.19. The minimum atomic E-state index is -0.182. The first-order valence-electron chi connectivity index (χ1n) is 9.94. The maximum atomic E-state index is 12.6. The molecule has 0 atom stereocenters. The number of amides is 1. The van der Waals surface area contributed by atoms with Crippen LogP contribution in [0.2, 0.25) is 0 Å². The molecule has 2 heterocycles. The number of carbonyl (C=O) groups is 1. The Kier molecular flexibility index (Phi) is 6.69. The van der Waals surface area contributed by atoms with Gasteiger partial charge in [0.15, 0.2) is 17.1 Å². The number of hydrogen-bond acceptors (Lipinski definition) is 5. The number of nitrogens with one attached hydrogen (secondary N) is 1. The molecule has 1 amide bonds. The van der Waals surface area contributed by atoms with Gasteiger partial charge >= 0.3 is 0 Å². The van der Waals surface area contributed by atoms with Gasteiger partial charge in [-0.2, -0.15) is 5.10 Å². The summed E-state index contributed by atoms with van der Waals surface area (Å²) in [6.45, 7) is 7.25. The van der Waals surface area contributed by atoms with Crippen molar-refractivity contribution in [3.63, 3.8) is 0 Å². The summed E-state index contributed by atoms with van der Waals surface area (Å²) in [4.78, 5) is 17.0. The number of fused-ring (bicyclic) bond motifs is 1. The Morgan fingerprint density at radius 3 is 2.76 bits per heavy atom. The van der Waals surface area contributed by atoms with Crippen molar-refractivity contribution in [2.24, 2.45) is 0 Å². The Morgan fingerprint density at radius 2 is 2.03 bits per heavy atom. The zero-order valence-corrected chi connectivity index (χ0v) is 17.4. The molecule has 0 aliphatic heterocycles. The van der Waals surface area contributed by atoms with Gasteiger partial charge < -0.3 is 14.8 Å². The molecule has 0 spiro atoms. The highest BCUT2D eigenvalue weighted by molar-refractivity contribution is 5.96. The molecular weight excluding hydrogens is 368 g/mol. The van der Waals surface area contributed by atoms with Crippen LogP contribution < -0.4 is 14.8 Å². The van der Waals surface area contributed by atoms with Crippen molar-refractivity contribution in [2.75, 3.05) is 13.7 Å². The summed E-state index contributed by atoms with van der Waals surface area (Å²) in [6, 6.07) is 7.72. The Hall–Kier alpha value is -3.09. The Bertz CT molecular complexity index is 981. The third-order valence-corrected chi connectivity index (χ3v) is 4.62. The van der Waals surface area contributed by atoms with Crippen molar-refractivity contribution in [3.8, 4) is 11.5 Å². The van der Waals surface area contributed by atoms with Gasteiger partial charge in [-0.05, 0) is 44.0 Å². The molecule has 0 fully saturated rings. The molecule has 3 rings (SSSR count). The molecule has 0 aliphatic rings. The average molecular weight is 396 g/mol. The smallest absolute Gasteiger partial charge is 0.253 e. The predicted molar refractivity (Wildman–Crippen MR) is 112 cm³/mol. The summed E-state index contributed by atoms with van der Waals surface area (Å²) in [5.41, 5.74) is 2.21. The van der Waals surface area contributed by atoms with Crippen LogP contribution in [0.5, 0.6) is 11.5 Å². The lowest BCUT2D eigenvalue weighted by Crippen LogP contribution is -2.23. The third kappa shape index (κ3) is 4.85. The molecule has 0 bridgehead atoms. The minimum absolute atomic E-state index is 0.182. The van der Waals surface area contributed by atoms with Crippen LogP contribution in [-0.2, 0) is 6.54 Å². The lowest BCUT2D eigenvalue weighted by Gasteiger charge is -2.12. The van der Waals surface area contributed by atoms with Gasteiger partial charge in [0.25, 0.3) is 5.91 Å². The van der Waals surface area contributed by atoms with Gasteiger partial charge in [0.05, 0.1) is 25.5 Å². The molecule has 0 unspecified atom stereocenters. The minimum Gasteiger partial charge on any atom is -0.493 e. The lowest BCUT2D eigenvalue weighted by molar-refractivity contribution is 0.0950. The number of ether oxygens (including phenoxy) is 2. The monoisotopic (exact) mass is 396 g/mol. The van der Waals surface area contributed by atoms with Crippen LogP contribution in [0.3, 0.4) is 0 Å². The summed E-state index contributed by atoms with van der Waals surface area (Å²) >= 11 is 0. The van der Waals surface area contributed by atoms with Gasteiger partial charge in [0.1, 0.15) is 0 Å². The van der Waals surface area contributed by atoms with Gasteiger partial charge in [0.2, 0.25) is 0 Å². The quantitative estimate of drug-likeness (QED) is 0.550. The Balaban J connectivity index is 1.66. The first-order chi connectivity index (χ1) is 14.0. The molecule has 1 N–H and O–H groups in total. The molecule has 7 heteroatoms. The van der Waals surface area contributed by atoms with Crippen molar-refractivity contribution in [1.29, 1.82) is 0 Å². The van der Waals surface area contributed by atoms with E-state index in [1.54, 1.807) is 19.5 Å². The third-order valence-electron chi connectivity index (χ3n) is 4.62. The molecule has 7 nitrogen and oxygen atoms in total. The van der Waals surface area contributed by atoms with Crippen LogP contribution in [0.25, 0.3) is 11.0 Å². The topological polar surface area (TPSA) is 78.3 Å². The highest BCUT2D eigenvalue weighted by Crippen LogP contribution is 2.28. The number of aromatic nitrogens is 3. The number of rotatable bonds is 9. The predicted octanol–water partition coefficient (Wildman–Crippen LogP) is 4.13. The summed E-state index contributed by atoms with van der Waals surface area (Å²) < 4.78 is 13.0. The molecular formula is C22H28N4O3. The molecule has 29 heavy (non-hydrogen) atoms. The molecule has 0 aliphatic carbocycles. The lowest BCUT2D eigenvalue weighted by atomic mass is 10.2. The van der Waals surface area contributed by atoms with Crippen molar-refractivity contribution in [1.82, 2.24) is 20.1 Å². The number of pyridine rings is 1. The molecule has 3 aromatic rings. The zero-order chi connectivity index (χ0) is 20.8. The SMILES string of the molecule is CCCCOc1ccc(CNC(=O)c2cnc3c(cnn3C(C)C)c2)cc1OC. The van der Waals surface area contributed by atoms with Crippen LogP contribution in [-0.4, -0.2) is 34.4 Å². The molecule has 154 valence electrons. The average Bonchev–Trinajstić information content (AvgIpc) is 3.16. The van der Waals surface area contributed by atoms with Crippen LogP contribution in [0, 0.1) is 0 Å². The van der Waals surface area contributed by atoms with Crippen LogP contribution in [0.4, 0.5) is 0 Å². The van der Waals surface area contributed by atoms with E-state index in [4.69, 9.17) is 9.47 Å². The Labute approximate surface area is 171 Å². The fourth-order valence-corrected chi connectivity index (χ4v) is 2.99. The summed E-state index contributed by atoms with van der Waals surface area (Å²) in [5, 5.41) is 8.12. The summed E-state index contributed by atoms with van der Waals surface area (Å²) in [5.74, 6) is 1.20. The number of hydrogen-bond donors (Lipinski definition) is 1. The van der Waals surface area contributed by atoms with Gasteiger partial charge in [0, 0.05) is 24.2 Å². The number of carbonyl (C=O) groups excluding carboxylic acids is 1. The van der Waals surface area contributed by atoms with E-state index in [2.05, 4.69) is 22.3 Å². The zero-order valence-electron chi connectivity index (χ0n) is 17.4. The van der Waals surface area contributed by atoms with Gasteiger partial charge in [-0.3, -0.25) is 4.79 Å². The highest BCUT2D eigenvalue weighted by Gasteiger charge is 2.12. The standard InChI is InChI=1S/C22H28N4O3/c1-5-6-9-29-19-8-7-16(10-20(19)28-4)12-24-22(27)18-11-17-14-25-26(15(2)3)21(17)23-13-18/h7-8,10-11,13-15H,5-6,9,12H2,1-4H3,(H,24,27). The molecule has 1 aromatic carbocycles. The molecule has 0 radical (unpaired) electrons. The first-order valence-corrected chi connectivity index (χ1v) is 9.94. The Morgan fingerprint density at radius 1 is 1.21 bits per heavy atom. The van der Waals surface area contributed by atoms with Crippen LogP contribution in [0.15, 0.2) is 36.7 Å². The van der Waals surface area contributed by atoms with Crippen LogP contribution >= 0.6 is 0 Å². The van der Waals surface area contributed by atoms with E-state index in [1.165, 1.54) is 0 Å². The highest BCUT2D eigenvalue weighted by atomic mass is 16.5. The van der Waals surface area contributed by atoms with E-state index in [9.17, 15) is 4.79 Å². The second-order valence-electron chi connectivity index (χ2n) is 7.19. The van der Waals surface area contributed by atoms with Crippen molar-refractivity contribution >= 4 is 16.9 Å². The fraction of sp³-hybridized carbons (Fsp3) is 0.409. The van der Waals surface area contributed by atoms with Gasteiger partial charge in [-0.15, -0.1) is 0 Å². The molecule has 0 saturated carbocycles.